The molecule has 2 aromatic carbocycles. The summed E-state index contributed by atoms with van der Waals surface area (Å²) >= 11 is 0. The van der Waals surface area contributed by atoms with E-state index in [1.54, 1.807) is 12.1 Å². The van der Waals surface area contributed by atoms with Crippen LogP contribution in [0.1, 0.15) is 28.4 Å². The van der Waals surface area contributed by atoms with Gasteiger partial charge in [0.1, 0.15) is 23.9 Å². The molecule has 0 aliphatic heterocycles. The average Bonchev–Trinajstić information content (AvgIpc) is 3.28. The lowest BCUT2D eigenvalue weighted by atomic mass is 9.91. The minimum absolute atomic E-state index is 0.0503. The molecule has 0 aliphatic rings. The summed E-state index contributed by atoms with van der Waals surface area (Å²) in [4.78, 5) is 7.67. The summed E-state index contributed by atoms with van der Waals surface area (Å²) in [6.07, 6.45) is 2.41. The molecule has 4 rings (SSSR count). The number of aromatic nitrogens is 2. The summed E-state index contributed by atoms with van der Waals surface area (Å²) in [7, 11) is 0. The second kappa shape index (κ2) is 7.75. The van der Waals surface area contributed by atoms with E-state index in [2.05, 4.69) is 16.0 Å². The molecule has 0 fully saturated rings. The van der Waals surface area contributed by atoms with Gasteiger partial charge in [0.2, 0.25) is 0 Å². The van der Waals surface area contributed by atoms with Gasteiger partial charge in [-0.1, -0.05) is 36.4 Å². The van der Waals surface area contributed by atoms with Crippen LogP contribution in [0.25, 0.3) is 22.6 Å². The summed E-state index contributed by atoms with van der Waals surface area (Å²) in [5, 5.41) is 19.4. The second-order valence-corrected chi connectivity index (χ2v) is 6.24. The zero-order valence-electron chi connectivity index (χ0n) is 15.1. The topological polar surface area (TPSA) is 86.5 Å². The number of hydrogen-bond acceptors (Lipinski definition) is 5. The zero-order chi connectivity index (χ0) is 20.2. The third-order valence-electron chi connectivity index (χ3n) is 4.53. The number of hydrogen-bond donors (Lipinski definition) is 0. The predicted octanol–water partition coefficient (Wildman–Crippen LogP) is 5.21. The summed E-state index contributed by atoms with van der Waals surface area (Å²) in [6.45, 7) is 0. The van der Waals surface area contributed by atoms with Gasteiger partial charge in [-0.15, -0.1) is 0 Å². The van der Waals surface area contributed by atoms with E-state index in [0.29, 0.717) is 11.5 Å². The van der Waals surface area contributed by atoms with Gasteiger partial charge in [-0.2, -0.15) is 10.5 Å². The Morgan fingerprint density at radius 3 is 2.28 bits per heavy atom. The van der Waals surface area contributed by atoms with Crippen molar-refractivity contribution in [2.24, 2.45) is 0 Å². The quantitative estimate of drug-likeness (QED) is 0.485. The zero-order valence-corrected chi connectivity index (χ0v) is 15.1. The van der Waals surface area contributed by atoms with E-state index in [9.17, 15) is 10.5 Å². The Morgan fingerprint density at radius 2 is 1.59 bits per heavy atom. The molecule has 0 aliphatic carbocycles. The molecule has 138 valence electrons. The van der Waals surface area contributed by atoms with Gasteiger partial charge in [0.25, 0.3) is 0 Å². The molecule has 2 heterocycles. The van der Waals surface area contributed by atoms with Crippen LogP contribution in [-0.4, -0.2) is 9.97 Å². The van der Waals surface area contributed by atoms with Crippen LogP contribution in [0.4, 0.5) is 4.39 Å². The first kappa shape index (κ1) is 18.1. The molecule has 0 saturated carbocycles. The predicted molar refractivity (Wildman–Crippen MR) is 104 cm³/mol. The molecule has 0 spiro atoms. The summed E-state index contributed by atoms with van der Waals surface area (Å²) in [6, 6.07) is 19.9. The van der Waals surface area contributed by atoms with Crippen molar-refractivity contribution in [3.63, 3.8) is 0 Å². The lowest BCUT2D eigenvalue weighted by Gasteiger charge is -2.13. The van der Waals surface area contributed by atoms with Crippen molar-refractivity contribution >= 4 is 0 Å². The van der Waals surface area contributed by atoms with Gasteiger partial charge >= 0.3 is 0 Å². The minimum atomic E-state index is -1.61. The van der Waals surface area contributed by atoms with Gasteiger partial charge in [0, 0.05) is 29.1 Å². The first-order valence-corrected chi connectivity index (χ1v) is 8.74. The highest BCUT2D eigenvalue weighted by Gasteiger charge is 2.24. The van der Waals surface area contributed by atoms with Crippen molar-refractivity contribution in [1.29, 1.82) is 10.5 Å². The highest BCUT2D eigenvalue weighted by molar-refractivity contribution is 5.77. The fraction of sp³-hybridized carbons (Fsp3) is 0.0435. The minimum Gasteiger partial charge on any atom is -0.456 e. The average molecular weight is 380 g/mol. The molecule has 1 atom stereocenters. The van der Waals surface area contributed by atoms with E-state index in [4.69, 9.17) is 4.42 Å². The molecule has 6 heteroatoms. The summed E-state index contributed by atoms with van der Waals surface area (Å²) in [5.41, 5.74) is 1.77. The Morgan fingerprint density at radius 1 is 0.862 bits per heavy atom. The lowest BCUT2D eigenvalue weighted by Crippen LogP contribution is -2.02. The van der Waals surface area contributed by atoms with Crippen LogP contribution < -0.4 is 0 Å². The Kier molecular flexibility index (Phi) is 4.84. The first-order valence-electron chi connectivity index (χ1n) is 8.74. The molecule has 0 bridgehead atoms. The molecule has 29 heavy (non-hydrogen) atoms. The van der Waals surface area contributed by atoms with Gasteiger partial charge in [-0.05, 0) is 18.2 Å². The van der Waals surface area contributed by atoms with Crippen LogP contribution in [0.15, 0.2) is 77.7 Å². The van der Waals surface area contributed by atoms with Crippen molar-refractivity contribution in [1.82, 2.24) is 9.97 Å². The number of nitriles is 2. The third kappa shape index (κ3) is 3.36. The third-order valence-corrected chi connectivity index (χ3v) is 4.53. The van der Waals surface area contributed by atoms with E-state index in [1.165, 1.54) is 30.9 Å². The van der Waals surface area contributed by atoms with Crippen molar-refractivity contribution in [2.75, 3.05) is 0 Å². The molecule has 0 amide bonds. The van der Waals surface area contributed by atoms with E-state index < -0.39 is 6.17 Å². The molecule has 2 aromatic heterocycles. The number of alkyl halides is 1. The van der Waals surface area contributed by atoms with E-state index in [0.717, 1.165) is 5.56 Å². The highest BCUT2D eigenvalue weighted by atomic mass is 19.1. The fourth-order valence-corrected chi connectivity index (χ4v) is 3.15. The lowest BCUT2D eigenvalue weighted by molar-refractivity contribution is 0.399. The molecule has 4 aromatic rings. The molecule has 1 unspecified atom stereocenters. The Balaban J connectivity index is 1.87. The molecule has 5 nitrogen and oxygen atoms in total. The maximum Gasteiger partial charge on any atom is 0.155 e. The van der Waals surface area contributed by atoms with Gasteiger partial charge in [-0.3, -0.25) is 0 Å². The van der Waals surface area contributed by atoms with Crippen LogP contribution in [0, 0.1) is 22.7 Å². The van der Waals surface area contributed by atoms with E-state index in [-0.39, 0.29) is 27.8 Å². The van der Waals surface area contributed by atoms with Crippen LogP contribution >= 0.6 is 0 Å². The normalized spacial score (nSPS) is 11.4. The molecule has 0 radical (unpaired) electrons. The van der Waals surface area contributed by atoms with Gasteiger partial charge < -0.3 is 4.42 Å². The largest absolute Gasteiger partial charge is 0.456 e. The molecular weight excluding hydrogens is 367 g/mol. The van der Waals surface area contributed by atoms with Crippen LogP contribution in [-0.2, 0) is 0 Å². The monoisotopic (exact) mass is 380 g/mol. The number of rotatable bonds is 4. The summed E-state index contributed by atoms with van der Waals surface area (Å²) in [5.74, 6) is 0.919. The molecule has 0 saturated heterocycles. The number of nitrogens with zero attached hydrogens (tertiary/aromatic N) is 4. The van der Waals surface area contributed by atoms with Crippen molar-refractivity contribution < 1.29 is 8.81 Å². The van der Waals surface area contributed by atoms with Gasteiger partial charge in [-0.25, -0.2) is 14.4 Å². The van der Waals surface area contributed by atoms with Crippen molar-refractivity contribution in [3.8, 4) is 34.8 Å². The van der Waals surface area contributed by atoms with E-state index >= 15 is 4.39 Å². The second-order valence-electron chi connectivity index (χ2n) is 6.24. The van der Waals surface area contributed by atoms with Crippen molar-refractivity contribution in [3.05, 3.63) is 95.6 Å². The van der Waals surface area contributed by atoms with Crippen LogP contribution in [0.3, 0.4) is 0 Å². The standard InChI is InChI=1S/C23H13FN4O/c24-23(17-12-27-14-28-13-17)18-7-6-16(10-25)22(19(18)11-26)21-9-8-20(29-21)15-4-2-1-3-5-15/h1-9,12-14,23H. The van der Waals surface area contributed by atoms with E-state index in [1.807, 2.05) is 36.4 Å². The first-order chi connectivity index (χ1) is 14.2. The smallest absolute Gasteiger partial charge is 0.155 e. The maximum absolute atomic E-state index is 15.2. The highest BCUT2D eigenvalue weighted by Crippen LogP contribution is 2.37. The fourth-order valence-electron chi connectivity index (χ4n) is 3.15. The van der Waals surface area contributed by atoms with Gasteiger partial charge in [0.05, 0.1) is 22.8 Å². The molecule has 0 N–H and O–H groups in total. The Hall–Kier alpha value is -4.29. The summed E-state index contributed by atoms with van der Waals surface area (Å²) < 4.78 is 21.1. The Labute approximate surface area is 166 Å². The van der Waals surface area contributed by atoms with Crippen LogP contribution in [0.5, 0.6) is 0 Å². The number of furan rings is 1. The van der Waals surface area contributed by atoms with Gasteiger partial charge in [0.15, 0.2) is 6.17 Å². The molecular formula is C23H13FN4O. The number of benzene rings is 2. The SMILES string of the molecule is N#Cc1ccc(C(F)c2cncnc2)c(C#N)c1-c1ccc(-c2ccccc2)o1. The van der Waals surface area contributed by atoms with Crippen molar-refractivity contribution in [2.45, 2.75) is 6.17 Å². The maximum atomic E-state index is 15.2. The van der Waals surface area contributed by atoms with Crippen LogP contribution in [0.2, 0.25) is 0 Å². The number of halogens is 1. The Bertz CT molecular complexity index is 1240.